The minimum atomic E-state index is 0.897. The first-order valence-electron chi connectivity index (χ1n) is 6.23. The minimum absolute atomic E-state index is 0.897. The van der Waals surface area contributed by atoms with Crippen LogP contribution in [0.15, 0.2) is 36.7 Å². The van der Waals surface area contributed by atoms with Crippen molar-refractivity contribution in [2.45, 2.75) is 20.8 Å². The molecule has 1 aromatic heterocycles. The molecule has 0 atom stereocenters. The highest BCUT2D eigenvalue weighted by Gasteiger charge is 2.02. The molecule has 3 nitrogen and oxygen atoms in total. The van der Waals surface area contributed by atoms with E-state index in [-0.39, 0.29) is 0 Å². The molecule has 2 rings (SSSR count). The van der Waals surface area contributed by atoms with Crippen molar-refractivity contribution in [2.75, 3.05) is 17.2 Å². The lowest BCUT2D eigenvalue weighted by molar-refractivity contribution is 1.19. The molecular formula is C15H19N3. The lowest BCUT2D eigenvalue weighted by atomic mass is 10.1. The van der Waals surface area contributed by atoms with Gasteiger partial charge in [-0.25, -0.2) is 0 Å². The van der Waals surface area contributed by atoms with Gasteiger partial charge in [0.15, 0.2) is 0 Å². The Balaban J connectivity index is 2.23. The first-order chi connectivity index (χ1) is 8.70. The molecule has 1 heterocycles. The maximum Gasteiger partial charge on any atom is 0.0591 e. The number of hydrogen-bond donors (Lipinski definition) is 2. The highest BCUT2D eigenvalue weighted by Crippen LogP contribution is 2.23. The summed E-state index contributed by atoms with van der Waals surface area (Å²) >= 11 is 0. The number of nitrogens with zero attached hydrogens (tertiary/aromatic N) is 1. The van der Waals surface area contributed by atoms with Crippen molar-refractivity contribution in [2.24, 2.45) is 0 Å². The standard InChI is InChI=1S/C15H19N3/c1-4-17-13-8-14(10-16-9-13)18-15-7-5-6-11(2)12(15)3/h5-10,17-18H,4H2,1-3H3. The molecule has 0 aliphatic carbocycles. The van der Waals surface area contributed by atoms with Crippen molar-refractivity contribution in [1.29, 1.82) is 0 Å². The van der Waals surface area contributed by atoms with Crippen LogP contribution in [0.1, 0.15) is 18.1 Å². The number of anilines is 3. The van der Waals surface area contributed by atoms with Crippen LogP contribution < -0.4 is 10.6 Å². The molecule has 0 aliphatic heterocycles. The first-order valence-corrected chi connectivity index (χ1v) is 6.23. The SMILES string of the molecule is CCNc1cncc(Nc2cccc(C)c2C)c1. The molecule has 94 valence electrons. The summed E-state index contributed by atoms with van der Waals surface area (Å²) in [5.74, 6) is 0. The predicted molar refractivity (Wildman–Crippen MR) is 77.6 cm³/mol. The van der Waals surface area contributed by atoms with Gasteiger partial charge in [-0.3, -0.25) is 4.98 Å². The van der Waals surface area contributed by atoms with Crippen LogP contribution >= 0.6 is 0 Å². The zero-order valence-corrected chi connectivity index (χ0v) is 11.1. The molecule has 2 aromatic rings. The van der Waals surface area contributed by atoms with E-state index < -0.39 is 0 Å². The van der Waals surface area contributed by atoms with Gasteiger partial charge in [0, 0.05) is 12.2 Å². The summed E-state index contributed by atoms with van der Waals surface area (Å²) < 4.78 is 0. The van der Waals surface area contributed by atoms with Crippen LogP contribution in [-0.2, 0) is 0 Å². The van der Waals surface area contributed by atoms with Crippen molar-refractivity contribution in [1.82, 2.24) is 4.98 Å². The van der Waals surface area contributed by atoms with E-state index in [1.807, 2.05) is 12.4 Å². The summed E-state index contributed by atoms with van der Waals surface area (Å²) in [5, 5.41) is 6.67. The average molecular weight is 241 g/mol. The highest BCUT2D eigenvalue weighted by atomic mass is 14.9. The third-order valence-corrected chi connectivity index (χ3v) is 3.00. The van der Waals surface area contributed by atoms with Crippen LogP contribution in [0.25, 0.3) is 0 Å². The van der Waals surface area contributed by atoms with Crippen LogP contribution in [0.3, 0.4) is 0 Å². The normalized spacial score (nSPS) is 10.2. The summed E-state index contributed by atoms with van der Waals surface area (Å²) in [6.07, 6.45) is 3.67. The Morgan fingerprint density at radius 1 is 1.11 bits per heavy atom. The quantitative estimate of drug-likeness (QED) is 0.853. The van der Waals surface area contributed by atoms with E-state index in [0.717, 1.165) is 23.6 Å². The molecule has 0 spiro atoms. The Hall–Kier alpha value is -2.03. The van der Waals surface area contributed by atoms with Crippen molar-refractivity contribution in [3.63, 3.8) is 0 Å². The first kappa shape index (κ1) is 12.4. The summed E-state index contributed by atoms with van der Waals surface area (Å²) in [7, 11) is 0. The number of aromatic nitrogens is 1. The van der Waals surface area contributed by atoms with Crippen LogP contribution in [0.2, 0.25) is 0 Å². The van der Waals surface area contributed by atoms with Gasteiger partial charge >= 0.3 is 0 Å². The highest BCUT2D eigenvalue weighted by molar-refractivity contribution is 5.66. The van der Waals surface area contributed by atoms with Crippen molar-refractivity contribution >= 4 is 17.1 Å². The Bertz CT molecular complexity index is 535. The fraction of sp³-hybridized carbons (Fsp3) is 0.267. The van der Waals surface area contributed by atoms with E-state index in [0.29, 0.717) is 0 Å². The monoisotopic (exact) mass is 241 g/mol. The molecule has 0 bridgehead atoms. The van der Waals surface area contributed by atoms with Gasteiger partial charge in [0.2, 0.25) is 0 Å². The molecule has 0 fully saturated rings. The number of aryl methyl sites for hydroxylation is 1. The summed E-state index contributed by atoms with van der Waals surface area (Å²) in [5.41, 5.74) is 5.72. The predicted octanol–water partition coefficient (Wildman–Crippen LogP) is 3.87. The molecule has 3 heteroatoms. The number of benzene rings is 1. The summed E-state index contributed by atoms with van der Waals surface area (Å²) in [6, 6.07) is 8.33. The third kappa shape index (κ3) is 2.80. The van der Waals surface area contributed by atoms with Crippen LogP contribution in [0, 0.1) is 13.8 Å². The second-order valence-electron chi connectivity index (χ2n) is 4.37. The molecular weight excluding hydrogens is 222 g/mol. The Morgan fingerprint density at radius 3 is 2.67 bits per heavy atom. The van der Waals surface area contributed by atoms with Gasteiger partial charge in [0.25, 0.3) is 0 Å². The molecule has 2 N–H and O–H groups in total. The smallest absolute Gasteiger partial charge is 0.0591 e. The molecule has 0 unspecified atom stereocenters. The van der Waals surface area contributed by atoms with Gasteiger partial charge in [-0.15, -0.1) is 0 Å². The minimum Gasteiger partial charge on any atom is -0.384 e. The largest absolute Gasteiger partial charge is 0.384 e. The third-order valence-electron chi connectivity index (χ3n) is 3.00. The molecule has 0 amide bonds. The lowest BCUT2D eigenvalue weighted by Crippen LogP contribution is -1.99. The molecule has 1 aromatic carbocycles. The van der Waals surface area contributed by atoms with Gasteiger partial charge in [-0.1, -0.05) is 12.1 Å². The zero-order valence-electron chi connectivity index (χ0n) is 11.1. The fourth-order valence-corrected chi connectivity index (χ4v) is 1.85. The Kier molecular flexibility index (Phi) is 3.82. The van der Waals surface area contributed by atoms with E-state index in [2.05, 4.69) is 60.7 Å². The van der Waals surface area contributed by atoms with E-state index in [1.165, 1.54) is 11.1 Å². The lowest BCUT2D eigenvalue weighted by Gasteiger charge is -2.12. The van der Waals surface area contributed by atoms with Crippen molar-refractivity contribution in [3.8, 4) is 0 Å². The topological polar surface area (TPSA) is 37.0 Å². The second kappa shape index (κ2) is 5.54. The molecule has 0 saturated heterocycles. The molecule has 0 aliphatic rings. The van der Waals surface area contributed by atoms with Gasteiger partial charge in [-0.05, 0) is 44.0 Å². The number of hydrogen-bond acceptors (Lipinski definition) is 3. The second-order valence-corrected chi connectivity index (χ2v) is 4.37. The van der Waals surface area contributed by atoms with E-state index in [4.69, 9.17) is 0 Å². The van der Waals surface area contributed by atoms with Gasteiger partial charge in [-0.2, -0.15) is 0 Å². The average Bonchev–Trinajstić information content (AvgIpc) is 2.36. The van der Waals surface area contributed by atoms with E-state index >= 15 is 0 Å². The Morgan fingerprint density at radius 2 is 1.89 bits per heavy atom. The van der Waals surface area contributed by atoms with Crippen LogP contribution in [0.5, 0.6) is 0 Å². The number of nitrogens with one attached hydrogen (secondary N) is 2. The summed E-state index contributed by atoms with van der Waals surface area (Å²) in [6.45, 7) is 7.21. The van der Waals surface area contributed by atoms with Gasteiger partial charge < -0.3 is 10.6 Å². The van der Waals surface area contributed by atoms with E-state index in [9.17, 15) is 0 Å². The Labute approximate surface area is 108 Å². The number of rotatable bonds is 4. The zero-order chi connectivity index (χ0) is 13.0. The molecule has 18 heavy (non-hydrogen) atoms. The maximum absolute atomic E-state index is 4.23. The van der Waals surface area contributed by atoms with Gasteiger partial charge in [0.1, 0.15) is 0 Å². The summed E-state index contributed by atoms with van der Waals surface area (Å²) in [4.78, 5) is 4.23. The van der Waals surface area contributed by atoms with Crippen LogP contribution in [-0.4, -0.2) is 11.5 Å². The number of pyridine rings is 1. The van der Waals surface area contributed by atoms with Crippen molar-refractivity contribution < 1.29 is 0 Å². The van der Waals surface area contributed by atoms with Gasteiger partial charge in [0.05, 0.1) is 23.8 Å². The van der Waals surface area contributed by atoms with Crippen LogP contribution in [0.4, 0.5) is 17.1 Å². The van der Waals surface area contributed by atoms with E-state index in [1.54, 1.807) is 0 Å². The molecule has 0 radical (unpaired) electrons. The maximum atomic E-state index is 4.23. The fourth-order valence-electron chi connectivity index (χ4n) is 1.85. The molecule has 0 saturated carbocycles. The van der Waals surface area contributed by atoms with Crippen molar-refractivity contribution in [3.05, 3.63) is 47.8 Å².